The van der Waals surface area contributed by atoms with E-state index in [0.29, 0.717) is 0 Å². The molecule has 0 heterocycles. The number of hydrogen-bond acceptors (Lipinski definition) is 14. The second-order valence-electron chi connectivity index (χ2n) is 6.27. The van der Waals surface area contributed by atoms with Crippen LogP contribution in [0.3, 0.4) is 0 Å². The highest BCUT2D eigenvalue weighted by molar-refractivity contribution is 6.32. The van der Waals surface area contributed by atoms with E-state index in [1.54, 1.807) is 0 Å². The quantitative estimate of drug-likeness (QED) is 0.0748. The topological polar surface area (TPSA) is 226 Å². The van der Waals surface area contributed by atoms with E-state index in [1.807, 2.05) is 0 Å². The number of carboxylic acids is 1. The molecule has 0 saturated heterocycles. The van der Waals surface area contributed by atoms with Crippen LogP contribution in [0.5, 0.6) is 0 Å². The van der Waals surface area contributed by atoms with E-state index in [0.717, 1.165) is 21.1 Å². The molecule has 0 aromatic rings. The largest absolute Gasteiger partial charge is 0.481 e. The molecule has 0 radical (unpaired) electrons. The summed E-state index contributed by atoms with van der Waals surface area (Å²) >= 11 is 0. The van der Waals surface area contributed by atoms with Gasteiger partial charge in [-0.25, -0.2) is 4.79 Å². The van der Waals surface area contributed by atoms with Crippen LogP contribution in [0, 0.1) is 0 Å². The fraction of sp³-hybridized carbons (Fsp3) is 0.650. The van der Waals surface area contributed by atoms with Crippen molar-refractivity contribution in [3.8, 4) is 0 Å². The highest BCUT2D eigenvalue weighted by atomic mass is 16.6. The van der Waals surface area contributed by atoms with E-state index >= 15 is 0 Å². The van der Waals surface area contributed by atoms with E-state index in [-0.39, 0.29) is 12.9 Å². The molecule has 0 aliphatic carbocycles. The van der Waals surface area contributed by atoms with Gasteiger partial charge < -0.3 is 39.0 Å². The first-order valence-corrected chi connectivity index (χ1v) is 9.87. The lowest BCUT2D eigenvalue weighted by Crippen LogP contribution is -2.30. The predicted molar refractivity (Wildman–Crippen MR) is 112 cm³/mol. The van der Waals surface area contributed by atoms with Crippen molar-refractivity contribution in [1.29, 1.82) is 0 Å². The van der Waals surface area contributed by atoms with E-state index < -0.39 is 80.0 Å². The molecular formula is C20H32O15. The fourth-order valence-corrected chi connectivity index (χ4v) is 1.90. The number of rotatable bonds is 15. The third kappa shape index (κ3) is 22.0. The highest BCUT2D eigenvalue weighted by Gasteiger charge is 2.21. The summed E-state index contributed by atoms with van der Waals surface area (Å²) in [6.45, 7) is 2.84. The summed E-state index contributed by atoms with van der Waals surface area (Å²) in [5, 5.41) is 22.5. The molecule has 0 aromatic carbocycles. The Morgan fingerprint density at radius 3 is 1.57 bits per heavy atom. The molecule has 35 heavy (non-hydrogen) atoms. The maximum absolute atomic E-state index is 11.7. The van der Waals surface area contributed by atoms with Crippen molar-refractivity contribution in [3.05, 3.63) is 0 Å². The molecule has 15 heteroatoms. The zero-order chi connectivity index (χ0) is 28.0. The number of aliphatic carboxylic acids is 1. The number of ether oxygens (including phenoxy) is 5. The Balaban J connectivity index is -0.00000242. The molecule has 0 amide bonds. The lowest BCUT2D eigenvalue weighted by molar-refractivity contribution is -0.164. The van der Waals surface area contributed by atoms with E-state index in [1.165, 1.54) is 13.8 Å². The van der Waals surface area contributed by atoms with Crippen molar-refractivity contribution in [2.45, 2.75) is 58.3 Å². The maximum Gasteiger partial charge on any atom is 0.374 e. The zero-order valence-electron chi connectivity index (χ0n) is 20.1. The number of aliphatic hydroxyl groups excluding tert-OH is 2. The molecule has 0 fully saturated rings. The molecule has 0 rings (SSSR count). The van der Waals surface area contributed by atoms with Crippen LogP contribution in [-0.4, -0.2) is 103 Å². The van der Waals surface area contributed by atoms with Crippen LogP contribution in [0.15, 0.2) is 0 Å². The number of carbonyl (C=O) groups excluding carboxylic acids is 6. The van der Waals surface area contributed by atoms with Gasteiger partial charge >= 0.3 is 29.8 Å². The average molecular weight is 512 g/mol. The van der Waals surface area contributed by atoms with E-state index in [2.05, 4.69) is 9.47 Å². The molecule has 0 spiro atoms. The minimum absolute atomic E-state index is 0.0555. The Bertz CT molecular complexity index is 688. The summed E-state index contributed by atoms with van der Waals surface area (Å²) < 4.78 is 23.7. The van der Waals surface area contributed by atoms with Gasteiger partial charge in [0.25, 0.3) is 6.47 Å². The summed E-state index contributed by atoms with van der Waals surface area (Å²) in [5.74, 6) is -6.00. The Hall–Kier alpha value is -3.59. The zero-order valence-corrected chi connectivity index (χ0v) is 20.1. The molecule has 0 aliphatic heterocycles. The number of carbonyl (C=O) groups is 7. The van der Waals surface area contributed by atoms with Gasteiger partial charge in [-0.1, -0.05) is 0 Å². The van der Waals surface area contributed by atoms with Crippen LogP contribution in [0.25, 0.3) is 0 Å². The summed E-state index contributed by atoms with van der Waals surface area (Å²) in [4.78, 5) is 77.6. The van der Waals surface area contributed by atoms with Gasteiger partial charge in [0.2, 0.25) is 5.78 Å². The Kier molecular flexibility index (Phi) is 22.8. The fourth-order valence-electron chi connectivity index (χ4n) is 1.90. The summed E-state index contributed by atoms with van der Waals surface area (Å²) in [5.41, 5.74) is 0. The molecule has 0 aliphatic rings. The monoisotopic (exact) mass is 512 g/mol. The summed E-state index contributed by atoms with van der Waals surface area (Å²) in [6, 6.07) is 0. The molecule has 0 bridgehead atoms. The first kappa shape index (κ1) is 36.0. The minimum Gasteiger partial charge on any atom is -0.481 e. The van der Waals surface area contributed by atoms with Crippen LogP contribution >= 0.6 is 0 Å². The van der Waals surface area contributed by atoms with Crippen molar-refractivity contribution in [1.82, 2.24) is 0 Å². The maximum atomic E-state index is 11.7. The van der Waals surface area contributed by atoms with Crippen molar-refractivity contribution in [3.63, 3.8) is 0 Å². The number of esters is 4. The minimum atomic E-state index is -1.38. The Morgan fingerprint density at radius 2 is 1.20 bits per heavy atom. The Morgan fingerprint density at radius 1 is 0.771 bits per heavy atom. The molecule has 3 atom stereocenters. The SMILES string of the molecule is CC(=O)C(=O)OC(C)CC(=O)OCC(COC(=O)CC(C)OC(=O)CC(=O)O)OC=O.CO.CO. The van der Waals surface area contributed by atoms with Crippen LogP contribution in [-0.2, 0) is 57.2 Å². The molecule has 3 N–H and O–H groups in total. The van der Waals surface area contributed by atoms with Gasteiger partial charge in [0.15, 0.2) is 6.10 Å². The normalized spacial score (nSPS) is 11.9. The summed E-state index contributed by atoms with van der Waals surface area (Å²) in [6.07, 6.45) is -4.64. The van der Waals surface area contributed by atoms with Crippen LogP contribution in [0.4, 0.5) is 0 Å². The third-order valence-electron chi connectivity index (χ3n) is 3.24. The van der Waals surface area contributed by atoms with Gasteiger partial charge in [0, 0.05) is 21.1 Å². The number of ketones is 1. The number of hydrogen-bond donors (Lipinski definition) is 3. The van der Waals surface area contributed by atoms with Crippen LogP contribution in [0.2, 0.25) is 0 Å². The molecular weight excluding hydrogens is 480 g/mol. The number of carboxylic acid groups (broad SMARTS) is 1. The Labute approximate surface area is 201 Å². The number of Topliss-reactive ketones (excluding diaryl/α,β-unsaturated/α-hetero) is 1. The smallest absolute Gasteiger partial charge is 0.374 e. The number of aliphatic hydroxyl groups is 2. The molecule has 0 aromatic heterocycles. The van der Waals surface area contributed by atoms with Gasteiger partial charge in [-0.15, -0.1) is 0 Å². The highest BCUT2D eigenvalue weighted by Crippen LogP contribution is 2.05. The molecule has 0 saturated carbocycles. The predicted octanol–water partition coefficient (Wildman–Crippen LogP) is -1.46. The summed E-state index contributed by atoms with van der Waals surface area (Å²) in [7, 11) is 2.00. The standard InChI is InChI=1S/C18H24O13.2CH4O/c1-10(30-17(25)6-14(21)22)4-15(23)27-7-13(29-9-19)8-28-16(24)5-11(2)31-18(26)12(3)20;2*1-2/h9-11,13H,4-8H2,1-3H3,(H,21,22);2*2H,1H3. The van der Waals surface area contributed by atoms with Crippen molar-refractivity contribution in [2.24, 2.45) is 0 Å². The average Bonchev–Trinajstić information content (AvgIpc) is 2.77. The van der Waals surface area contributed by atoms with E-state index in [9.17, 15) is 33.6 Å². The van der Waals surface area contributed by atoms with Crippen molar-refractivity contribution >= 4 is 42.1 Å². The van der Waals surface area contributed by atoms with Crippen LogP contribution < -0.4 is 0 Å². The van der Waals surface area contributed by atoms with Gasteiger partial charge in [0.05, 0.1) is 12.8 Å². The van der Waals surface area contributed by atoms with E-state index in [4.69, 9.17) is 29.5 Å². The van der Waals surface area contributed by atoms with Crippen molar-refractivity contribution < 1.29 is 72.6 Å². The molecule has 15 nitrogen and oxygen atoms in total. The first-order valence-electron chi connectivity index (χ1n) is 9.87. The lowest BCUT2D eigenvalue weighted by atomic mass is 10.3. The van der Waals surface area contributed by atoms with Crippen molar-refractivity contribution in [2.75, 3.05) is 27.4 Å². The van der Waals surface area contributed by atoms with Gasteiger partial charge in [-0.2, -0.15) is 0 Å². The second kappa shape index (κ2) is 22.2. The van der Waals surface area contributed by atoms with Gasteiger partial charge in [0.1, 0.15) is 31.8 Å². The van der Waals surface area contributed by atoms with Gasteiger partial charge in [-0.05, 0) is 13.8 Å². The lowest BCUT2D eigenvalue weighted by Gasteiger charge is -2.17. The third-order valence-corrected chi connectivity index (χ3v) is 3.24. The first-order chi connectivity index (χ1) is 16.4. The molecule has 202 valence electrons. The van der Waals surface area contributed by atoms with Crippen LogP contribution in [0.1, 0.15) is 40.0 Å². The van der Waals surface area contributed by atoms with Gasteiger partial charge in [-0.3, -0.25) is 28.8 Å². The second-order valence-corrected chi connectivity index (χ2v) is 6.27. The molecule has 3 unspecified atom stereocenters.